The molecule has 0 aliphatic carbocycles. The van der Waals surface area contributed by atoms with Crippen molar-refractivity contribution in [3.63, 3.8) is 0 Å². The number of hydrogen-bond acceptors (Lipinski definition) is 3. The Bertz CT molecular complexity index is 627. The van der Waals surface area contributed by atoms with Gasteiger partial charge >= 0.3 is 0 Å². The topological polar surface area (TPSA) is 64.3 Å². The molecule has 2 aromatic carbocycles. The summed E-state index contributed by atoms with van der Waals surface area (Å²) >= 11 is 0. The van der Waals surface area contributed by atoms with Gasteiger partial charge in [-0.1, -0.05) is 12.1 Å². The van der Waals surface area contributed by atoms with E-state index >= 15 is 0 Å². The van der Waals surface area contributed by atoms with Gasteiger partial charge in [0.15, 0.2) is 0 Å². The quantitative estimate of drug-likeness (QED) is 0.833. The molecule has 2 aromatic rings. The van der Waals surface area contributed by atoms with E-state index in [4.69, 9.17) is 10.5 Å². The van der Waals surface area contributed by atoms with Crippen molar-refractivity contribution in [3.05, 3.63) is 54.1 Å². The van der Waals surface area contributed by atoms with Crippen LogP contribution in [0.3, 0.4) is 0 Å². The number of amides is 1. The molecule has 21 heavy (non-hydrogen) atoms. The monoisotopic (exact) mass is 292 g/mol. The van der Waals surface area contributed by atoms with Crippen LogP contribution in [-0.4, -0.2) is 12.5 Å². The predicted molar refractivity (Wildman–Crippen MR) is 76.0 cm³/mol. The fourth-order valence-corrected chi connectivity index (χ4v) is 1.72. The first-order chi connectivity index (χ1) is 10.0. The first-order valence-corrected chi connectivity index (χ1v) is 6.28. The number of anilines is 2. The average molecular weight is 292 g/mol. The van der Waals surface area contributed by atoms with Crippen LogP contribution in [0.4, 0.5) is 20.2 Å². The van der Waals surface area contributed by atoms with Crippen LogP contribution in [-0.2, 0) is 4.79 Å². The normalized spacial score (nSPS) is 10.2. The zero-order valence-electron chi connectivity index (χ0n) is 11.1. The van der Waals surface area contributed by atoms with Gasteiger partial charge < -0.3 is 15.8 Å². The van der Waals surface area contributed by atoms with E-state index in [1.807, 2.05) is 0 Å². The Morgan fingerprint density at radius 3 is 2.48 bits per heavy atom. The Kier molecular flexibility index (Phi) is 4.71. The van der Waals surface area contributed by atoms with Crippen molar-refractivity contribution in [2.75, 3.05) is 17.7 Å². The maximum atomic E-state index is 13.0. The van der Waals surface area contributed by atoms with Crippen LogP contribution in [0.2, 0.25) is 0 Å². The van der Waals surface area contributed by atoms with Crippen LogP contribution in [0.25, 0.3) is 0 Å². The number of ether oxygens (including phenoxy) is 1. The van der Waals surface area contributed by atoms with Gasteiger partial charge in [0.25, 0.3) is 0 Å². The molecule has 1 amide bonds. The van der Waals surface area contributed by atoms with E-state index in [-0.39, 0.29) is 18.7 Å². The minimum absolute atomic E-state index is 0.0342. The van der Waals surface area contributed by atoms with E-state index in [0.717, 1.165) is 18.2 Å². The first kappa shape index (κ1) is 14.8. The summed E-state index contributed by atoms with van der Waals surface area (Å²) in [6.45, 7) is 0.109. The number of benzene rings is 2. The second kappa shape index (κ2) is 6.69. The van der Waals surface area contributed by atoms with Gasteiger partial charge in [-0.25, -0.2) is 8.78 Å². The maximum Gasteiger partial charge on any atom is 0.227 e. The Morgan fingerprint density at radius 1 is 1.14 bits per heavy atom. The van der Waals surface area contributed by atoms with Crippen LogP contribution in [0.1, 0.15) is 6.42 Å². The summed E-state index contributed by atoms with van der Waals surface area (Å²) in [7, 11) is 0. The number of halogens is 2. The molecule has 2 rings (SSSR count). The third-order valence-corrected chi connectivity index (χ3v) is 2.65. The summed E-state index contributed by atoms with van der Waals surface area (Å²) < 4.78 is 31.3. The lowest BCUT2D eigenvalue weighted by Gasteiger charge is -2.09. The second-order valence-electron chi connectivity index (χ2n) is 4.34. The third-order valence-electron chi connectivity index (χ3n) is 2.65. The predicted octanol–water partition coefficient (Wildman–Crippen LogP) is 2.95. The lowest BCUT2D eigenvalue weighted by Crippen LogP contribution is -2.15. The van der Waals surface area contributed by atoms with E-state index in [1.54, 1.807) is 24.3 Å². The minimum atomic E-state index is -0.751. The number of nitrogen functional groups attached to an aromatic ring is 1. The van der Waals surface area contributed by atoms with Gasteiger partial charge in [-0.15, -0.1) is 0 Å². The molecule has 0 bridgehead atoms. The van der Waals surface area contributed by atoms with E-state index in [9.17, 15) is 13.6 Å². The second-order valence-corrected chi connectivity index (χ2v) is 4.34. The van der Waals surface area contributed by atoms with Crippen LogP contribution in [0.5, 0.6) is 5.75 Å². The minimum Gasteiger partial charge on any atom is -0.491 e. The highest BCUT2D eigenvalue weighted by molar-refractivity contribution is 5.90. The Labute approximate surface area is 120 Å². The van der Waals surface area contributed by atoms with Gasteiger partial charge in [0.1, 0.15) is 17.4 Å². The first-order valence-electron chi connectivity index (χ1n) is 6.28. The van der Waals surface area contributed by atoms with Gasteiger partial charge in [-0.2, -0.15) is 0 Å². The number of nitrogens with two attached hydrogens (primary N) is 1. The molecule has 0 atom stereocenters. The van der Waals surface area contributed by atoms with Gasteiger partial charge in [-0.3, -0.25) is 4.79 Å². The molecule has 0 saturated carbocycles. The summed E-state index contributed by atoms with van der Waals surface area (Å²) in [6.07, 6.45) is 0.0342. The molecule has 0 unspecified atom stereocenters. The summed E-state index contributed by atoms with van der Waals surface area (Å²) in [5.41, 5.74) is 6.23. The number of para-hydroxylation sites is 2. The molecule has 0 heterocycles. The van der Waals surface area contributed by atoms with Crippen LogP contribution >= 0.6 is 0 Å². The smallest absolute Gasteiger partial charge is 0.227 e. The van der Waals surface area contributed by atoms with Gasteiger partial charge in [-0.05, 0) is 24.3 Å². The molecule has 0 spiro atoms. The van der Waals surface area contributed by atoms with Gasteiger partial charge in [0.05, 0.1) is 18.7 Å². The van der Waals surface area contributed by atoms with Crippen molar-refractivity contribution in [3.8, 4) is 5.75 Å². The molecule has 6 heteroatoms. The average Bonchev–Trinajstić information content (AvgIpc) is 2.39. The molecule has 0 fully saturated rings. The highest BCUT2D eigenvalue weighted by atomic mass is 19.1. The maximum absolute atomic E-state index is 13.0. The van der Waals surface area contributed by atoms with Crippen molar-refractivity contribution in [2.45, 2.75) is 6.42 Å². The van der Waals surface area contributed by atoms with Gasteiger partial charge in [0, 0.05) is 11.8 Å². The molecule has 0 radical (unpaired) electrons. The van der Waals surface area contributed by atoms with E-state index in [2.05, 4.69) is 5.32 Å². The largest absolute Gasteiger partial charge is 0.491 e. The molecule has 0 aromatic heterocycles. The summed E-state index contributed by atoms with van der Waals surface area (Å²) in [5.74, 6) is -1.42. The molecule has 0 aliphatic heterocycles. The molecule has 0 aliphatic rings. The zero-order valence-corrected chi connectivity index (χ0v) is 11.1. The van der Waals surface area contributed by atoms with Crippen molar-refractivity contribution in [1.82, 2.24) is 0 Å². The lowest BCUT2D eigenvalue weighted by molar-refractivity contribution is -0.116. The fourth-order valence-electron chi connectivity index (χ4n) is 1.72. The van der Waals surface area contributed by atoms with Gasteiger partial charge in [0.2, 0.25) is 5.91 Å². The number of carbonyl (C=O) groups excluding carboxylic acids is 1. The van der Waals surface area contributed by atoms with Crippen LogP contribution < -0.4 is 15.8 Å². The molecule has 3 N–H and O–H groups in total. The Morgan fingerprint density at radius 2 is 1.81 bits per heavy atom. The van der Waals surface area contributed by atoms with E-state index in [0.29, 0.717) is 11.4 Å². The highest BCUT2D eigenvalue weighted by Crippen LogP contribution is 2.19. The number of nitrogens with one attached hydrogen (secondary N) is 1. The lowest BCUT2D eigenvalue weighted by atomic mass is 10.3. The standard InChI is InChI=1S/C15H14F2N2O2/c16-10-7-11(17)9-12(8-10)19-15(20)5-6-21-14-4-2-1-3-13(14)18/h1-4,7-9H,5-6,18H2,(H,19,20). The molecule has 4 nitrogen and oxygen atoms in total. The van der Waals surface area contributed by atoms with Crippen molar-refractivity contribution in [2.24, 2.45) is 0 Å². The Hall–Kier alpha value is -2.63. The van der Waals surface area contributed by atoms with Crippen molar-refractivity contribution < 1.29 is 18.3 Å². The molecular formula is C15H14F2N2O2. The Balaban J connectivity index is 1.84. The fraction of sp³-hybridized carbons (Fsp3) is 0.133. The number of rotatable bonds is 5. The highest BCUT2D eigenvalue weighted by Gasteiger charge is 2.06. The van der Waals surface area contributed by atoms with E-state index in [1.165, 1.54) is 0 Å². The summed E-state index contributed by atoms with van der Waals surface area (Å²) in [6, 6.07) is 9.72. The third kappa shape index (κ3) is 4.45. The SMILES string of the molecule is Nc1ccccc1OCCC(=O)Nc1cc(F)cc(F)c1. The van der Waals surface area contributed by atoms with E-state index < -0.39 is 17.5 Å². The zero-order chi connectivity index (χ0) is 15.2. The van der Waals surface area contributed by atoms with Crippen molar-refractivity contribution >= 4 is 17.3 Å². The molecular weight excluding hydrogens is 278 g/mol. The number of hydrogen-bond donors (Lipinski definition) is 2. The van der Waals surface area contributed by atoms with Crippen molar-refractivity contribution in [1.29, 1.82) is 0 Å². The van der Waals surface area contributed by atoms with Crippen LogP contribution in [0.15, 0.2) is 42.5 Å². The summed E-state index contributed by atoms with van der Waals surface area (Å²) in [5, 5.41) is 2.39. The molecule has 0 saturated heterocycles. The summed E-state index contributed by atoms with van der Waals surface area (Å²) in [4.78, 5) is 11.6. The van der Waals surface area contributed by atoms with Crippen LogP contribution in [0, 0.1) is 11.6 Å². The molecule has 110 valence electrons. The number of carbonyl (C=O) groups is 1.